The van der Waals surface area contributed by atoms with Crippen molar-refractivity contribution in [2.45, 2.75) is 30.8 Å². The molecular formula is C11H16N2OS. The third kappa shape index (κ3) is 3.23. The van der Waals surface area contributed by atoms with Crippen LogP contribution in [0.25, 0.3) is 0 Å². The number of hydrogen-bond donors (Lipinski definition) is 1. The van der Waals surface area contributed by atoms with Gasteiger partial charge in [-0.25, -0.2) is 0 Å². The number of pyridine rings is 1. The third-order valence-electron chi connectivity index (χ3n) is 2.48. The molecule has 1 rings (SSSR count). The standard InChI is InChI=1S/C11H16N2OS/c1-3-11(2,10(12)14)15-8-9-5-4-6-13-7-9/h4-7H,3,8H2,1-2H3,(H2,12,14). The highest BCUT2D eigenvalue weighted by Crippen LogP contribution is 2.30. The zero-order valence-corrected chi connectivity index (χ0v) is 9.88. The molecule has 15 heavy (non-hydrogen) atoms. The first kappa shape index (κ1) is 12.0. The summed E-state index contributed by atoms with van der Waals surface area (Å²) in [7, 11) is 0. The lowest BCUT2D eigenvalue weighted by atomic mass is 10.1. The molecule has 0 saturated carbocycles. The smallest absolute Gasteiger partial charge is 0.233 e. The van der Waals surface area contributed by atoms with Crippen LogP contribution in [0, 0.1) is 0 Å². The Morgan fingerprint density at radius 1 is 1.67 bits per heavy atom. The first-order chi connectivity index (χ1) is 7.08. The predicted octanol–water partition coefficient (Wildman–Crippen LogP) is 1.97. The monoisotopic (exact) mass is 224 g/mol. The number of rotatable bonds is 5. The van der Waals surface area contributed by atoms with E-state index in [1.807, 2.05) is 32.2 Å². The van der Waals surface area contributed by atoms with Crippen LogP contribution in [-0.2, 0) is 10.5 Å². The molecule has 0 saturated heterocycles. The number of primary amides is 1. The van der Waals surface area contributed by atoms with E-state index in [2.05, 4.69) is 4.98 Å². The van der Waals surface area contributed by atoms with Gasteiger partial charge in [-0.2, -0.15) is 0 Å². The summed E-state index contributed by atoms with van der Waals surface area (Å²) in [6, 6.07) is 3.89. The van der Waals surface area contributed by atoms with E-state index in [1.165, 1.54) is 0 Å². The van der Waals surface area contributed by atoms with Crippen molar-refractivity contribution in [3.63, 3.8) is 0 Å². The zero-order chi connectivity index (χ0) is 11.3. The molecule has 1 unspecified atom stereocenters. The van der Waals surface area contributed by atoms with Gasteiger partial charge >= 0.3 is 0 Å². The molecule has 0 aliphatic carbocycles. The SMILES string of the molecule is CCC(C)(SCc1cccnc1)C(N)=O. The summed E-state index contributed by atoms with van der Waals surface area (Å²) < 4.78 is -0.476. The fourth-order valence-corrected chi connectivity index (χ4v) is 2.08. The van der Waals surface area contributed by atoms with Crippen molar-refractivity contribution in [2.24, 2.45) is 5.73 Å². The van der Waals surface area contributed by atoms with Crippen molar-refractivity contribution in [3.05, 3.63) is 30.1 Å². The normalized spacial score (nSPS) is 14.5. The number of hydrogen-bond acceptors (Lipinski definition) is 3. The molecule has 4 heteroatoms. The van der Waals surface area contributed by atoms with E-state index >= 15 is 0 Å². The number of amides is 1. The van der Waals surface area contributed by atoms with Crippen LogP contribution in [0.2, 0.25) is 0 Å². The second-order valence-electron chi connectivity index (χ2n) is 3.60. The largest absolute Gasteiger partial charge is 0.368 e. The minimum Gasteiger partial charge on any atom is -0.368 e. The minimum absolute atomic E-state index is 0.251. The number of carbonyl (C=O) groups is 1. The molecule has 1 heterocycles. The van der Waals surface area contributed by atoms with Gasteiger partial charge in [-0.3, -0.25) is 9.78 Å². The lowest BCUT2D eigenvalue weighted by Crippen LogP contribution is -2.37. The molecule has 0 aliphatic heterocycles. The van der Waals surface area contributed by atoms with Gasteiger partial charge in [0.25, 0.3) is 0 Å². The Morgan fingerprint density at radius 3 is 2.87 bits per heavy atom. The van der Waals surface area contributed by atoms with Crippen LogP contribution >= 0.6 is 11.8 Å². The first-order valence-electron chi connectivity index (χ1n) is 4.91. The second-order valence-corrected chi connectivity index (χ2v) is 5.08. The molecule has 1 aromatic rings. The van der Waals surface area contributed by atoms with Crippen LogP contribution in [0.15, 0.2) is 24.5 Å². The molecule has 0 bridgehead atoms. The van der Waals surface area contributed by atoms with Crippen molar-refractivity contribution in [3.8, 4) is 0 Å². The highest BCUT2D eigenvalue weighted by Gasteiger charge is 2.29. The molecule has 2 N–H and O–H groups in total. The molecule has 82 valence electrons. The maximum atomic E-state index is 11.3. The van der Waals surface area contributed by atoms with Crippen molar-refractivity contribution >= 4 is 17.7 Å². The minimum atomic E-state index is -0.476. The molecule has 3 nitrogen and oxygen atoms in total. The van der Waals surface area contributed by atoms with Crippen LogP contribution < -0.4 is 5.73 Å². The van der Waals surface area contributed by atoms with Gasteiger partial charge in [-0.1, -0.05) is 13.0 Å². The van der Waals surface area contributed by atoms with Crippen LogP contribution in [0.4, 0.5) is 0 Å². The Morgan fingerprint density at radius 2 is 2.40 bits per heavy atom. The number of thioether (sulfide) groups is 1. The average molecular weight is 224 g/mol. The van der Waals surface area contributed by atoms with Gasteiger partial charge in [0.05, 0.1) is 4.75 Å². The third-order valence-corrected chi connectivity index (χ3v) is 4.08. The van der Waals surface area contributed by atoms with E-state index in [9.17, 15) is 4.79 Å². The summed E-state index contributed by atoms with van der Waals surface area (Å²) >= 11 is 1.57. The summed E-state index contributed by atoms with van der Waals surface area (Å²) in [6.45, 7) is 3.86. The summed E-state index contributed by atoms with van der Waals surface area (Å²) in [5.41, 5.74) is 6.48. The fourth-order valence-electron chi connectivity index (χ4n) is 1.07. The molecule has 1 aromatic heterocycles. The Balaban J connectivity index is 2.59. The van der Waals surface area contributed by atoms with Crippen LogP contribution in [0.1, 0.15) is 25.8 Å². The van der Waals surface area contributed by atoms with Crippen LogP contribution in [0.3, 0.4) is 0 Å². The van der Waals surface area contributed by atoms with E-state index in [0.717, 1.165) is 17.7 Å². The molecule has 1 atom stereocenters. The van der Waals surface area contributed by atoms with Gasteiger partial charge in [0.15, 0.2) is 0 Å². The average Bonchev–Trinajstić information content (AvgIpc) is 2.27. The molecule has 0 spiro atoms. The van der Waals surface area contributed by atoms with E-state index in [0.29, 0.717) is 0 Å². The summed E-state index contributed by atoms with van der Waals surface area (Å²) in [5.74, 6) is 0.514. The highest BCUT2D eigenvalue weighted by atomic mass is 32.2. The summed E-state index contributed by atoms with van der Waals surface area (Å²) in [5, 5.41) is 0. The van der Waals surface area contributed by atoms with Gasteiger partial charge in [0, 0.05) is 18.1 Å². The maximum Gasteiger partial charge on any atom is 0.233 e. The zero-order valence-electron chi connectivity index (χ0n) is 9.06. The Labute approximate surface area is 94.5 Å². The van der Waals surface area contributed by atoms with Gasteiger partial charge in [0.2, 0.25) is 5.91 Å². The fraction of sp³-hybridized carbons (Fsp3) is 0.455. The number of nitrogens with zero attached hydrogens (tertiary/aromatic N) is 1. The maximum absolute atomic E-state index is 11.3. The topological polar surface area (TPSA) is 56.0 Å². The predicted molar refractivity (Wildman–Crippen MR) is 63.4 cm³/mol. The number of carbonyl (C=O) groups excluding carboxylic acids is 1. The van der Waals surface area contributed by atoms with Gasteiger partial charge in [-0.05, 0) is 25.0 Å². The first-order valence-corrected chi connectivity index (χ1v) is 5.90. The summed E-state index contributed by atoms with van der Waals surface area (Å²) in [4.78, 5) is 15.3. The van der Waals surface area contributed by atoms with Gasteiger partial charge in [0.1, 0.15) is 0 Å². The van der Waals surface area contributed by atoms with Crippen molar-refractivity contribution in [2.75, 3.05) is 0 Å². The number of aromatic nitrogens is 1. The van der Waals surface area contributed by atoms with Gasteiger partial charge in [-0.15, -0.1) is 11.8 Å². The second kappa shape index (κ2) is 5.16. The quantitative estimate of drug-likeness (QED) is 0.832. The Kier molecular flexibility index (Phi) is 4.15. The Bertz CT molecular complexity index is 329. The lowest BCUT2D eigenvalue weighted by molar-refractivity contribution is -0.120. The van der Waals surface area contributed by atoms with E-state index in [-0.39, 0.29) is 5.91 Å². The molecular weight excluding hydrogens is 208 g/mol. The van der Waals surface area contributed by atoms with E-state index < -0.39 is 4.75 Å². The molecule has 0 aliphatic rings. The Hall–Kier alpha value is -1.03. The van der Waals surface area contributed by atoms with E-state index in [4.69, 9.17) is 5.73 Å². The molecule has 0 fully saturated rings. The molecule has 0 radical (unpaired) electrons. The molecule has 1 amide bonds. The number of nitrogens with two attached hydrogens (primary N) is 1. The summed E-state index contributed by atoms with van der Waals surface area (Å²) in [6.07, 6.45) is 4.29. The van der Waals surface area contributed by atoms with Crippen LogP contribution in [0.5, 0.6) is 0 Å². The van der Waals surface area contributed by atoms with Crippen molar-refractivity contribution in [1.29, 1.82) is 0 Å². The van der Waals surface area contributed by atoms with Gasteiger partial charge < -0.3 is 5.73 Å². The highest BCUT2D eigenvalue weighted by molar-refractivity contribution is 8.00. The lowest BCUT2D eigenvalue weighted by Gasteiger charge is -2.23. The van der Waals surface area contributed by atoms with E-state index in [1.54, 1.807) is 18.0 Å². The van der Waals surface area contributed by atoms with Crippen molar-refractivity contribution in [1.82, 2.24) is 4.98 Å². The van der Waals surface area contributed by atoms with Crippen LogP contribution in [-0.4, -0.2) is 15.6 Å². The molecule has 0 aromatic carbocycles. The van der Waals surface area contributed by atoms with Crippen molar-refractivity contribution < 1.29 is 4.79 Å².